The molecule has 10 nitrogen and oxygen atoms in total. The van der Waals surface area contributed by atoms with Crippen LogP contribution in [0.25, 0.3) is 0 Å². The van der Waals surface area contributed by atoms with Gasteiger partial charge in [-0.2, -0.15) is 0 Å². The molecule has 1 aromatic carbocycles. The average Bonchev–Trinajstić information content (AvgIpc) is 1.94. The van der Waals surface area contributed by atoms with Crippen LogP contribution in [0.3, 0.4) is 0 Å². The summed E-state index contributed by atoms with van der Waals surface area (Å²) in [5, 5.41) is 13.0. The first-order chi connectivity index (χ1) is 37.6. The van der Waals surface area contributed by atoms with Crippen molar-refractivity contribution in [3.63, 3.8) is 0 Å². The van der Waals surface area contributed by atoms with Crippen LogP contribution in [-0.2, 0) is 47.4 Å². The molecular weight excluding hydrogens is 1150 g/mol. The van der Waals surface area contributed by atoms with Crippen molar-refractivity contribution in [3.05, 3.63) is 35.9 Å². The molecule has 1 aromatic rings. The molecule has 0 spiro atoms. The third-order valence-electron chi connectivity index (χ3n) is 22.6. The highest BCUT2D eigenvalue weighted by molar-refractivity contribution is 6.76. The lowest BCUT2D eigenvalue weighted by atomic mass is 9.89. The summed E-state index contributed by atoms with van der Waals surface area (Å²) >= 11 is 0. The topological polar surface area (TPSA) is 103 Å². The fourth-order valence-electron chi connectivity index (χ4n) is 10.2. The summed E-state index contributed by atoms with van der Waals surface area (Å²) < 4.78 is 65.2. The van der Waals surface area contributed by atoms with Crippen LogP contribution in [0.1, 0.15) is 201 Å². The highest BCUT2D eigenvalue weighted by Gasteiger charge is 2.59. The first-order valence-corrected chi connectivity index (χ1v) is 50.6. The van der Waals surface area contributed by atoms with Gasteiger partial charge in [-0.3, -0.25) is 0 Å². The van der Waals surface area contributed by atoms with Crippen LogP contribution in [0.15, 0.2) is 30.3 Å². The first kappa shape index (κ1) is 78.4. The van der Waals surface area contributed by atoms with E-state index >= 15 is 0 Å². The molecule has 0 aromatic heterocycles. The van der Waals surface area contributed by atoms with Crippen LogP contribution in [0.5, 0.6) is 0 Å². The Morgan fingerprint density at radius 2 is 0.988 bits per heavy atom. The summed E-state index contributed by atoms with van der Waals surface area (Å²) in [4.78, 5) is 0. The van der Waals surface area contributed by atoms with Crippen molar-refractivity contribution >= 4 is 49.9 Å². The van der Waals surface area contributed by atoms with Gasteiger partial charge >= 0.3 is 0 Å². The molecular formula is C68H138O10Si6. The van der Waals surface area contributed by atoms with E-state index in [0.717, 1.165) is 51.4 Å². The molecule has 494 valence electrons. The number of ether oxygens (including phenoxy) is 3. The van der Waals surface area contributed by atoms with E-state index in [-0.39, 0.29) is 90.9 Å². The van der Waals surface area contributed by atoms with Crippen molar-refractivity contribution in [1.29, 1.82) is 0 Å². The second-order valence-electron chi connectivity index (χ2n) is 35.7. The summed E-state index contributed by atoms with van der Waals surface area (Å²) in [5.41, 5.74) is 0.317. The largest absolute Gasteiger partial charge is 0.414 e. The molecule has 16 heteroatoms. The lowest BCUT2D eigenvalue weighted by Gasteiger charge is -2.48. The van der Waals surface area contributed by atoms with Crippen molar-refractivity contribution in [2.45, 2.75) is 366 Å². The van der Waals surface area contributed by atoms with Gasteiger partial charge in [0.2, 0.25) is 0 Å². The zero-order valence-corrected chi connectivity index (χ0v) is 67.0. The van der Waals surface area contributed by atoms with Gasteiger partial charge in [-0.25, -0.2) is 0 Å². The Hall–Kier alpha value is 0.121. The molecule has 2 aliphatic rings. The third-order valence-corrected chi connectivity index (χ3v) is 49.6. The second-order valence-corrected chi connectivity index (χ2v) is 64.3. The van der Waals surface area contributed by atoms with Crippen LogP contribution in [0.2, 0.25) is 109 Å². The quantitative estimate of drug-likeness (QED) is 0.0554. The molecule has 84 heavy (non-hydrogen) atoms. The van der Waals surface area contributed by atoms with Gasteiger partial charge in [0.15, 0.2) is 49.9 Å². The van der Waals surface area contributed by atoms with Gasteiger partial charge < -0.3 is 45.9 Å². The SMILES string of the molecule is CO[C@@H](CC[C@]1(O)C[C@H]1[C@H](C)[C@@H](C[C@H](C[C@@H](C[C@@H]1CCC[C@H](CCOCc2ccccc2)O1)O[Si](C)(C)C(C)(C)C)O[Si](C)(C)C(C)(C)C)O[Si](C)(C)C(C)(C)C)[C@H](O[Si](C)(C)C(C)(C)C)[C@H](CO[Si](C)(C)C(C)(C)C)O[Si](C)(C)C(C)(C)C. The predicted molar refractivity (Wildman–Crippen MR) is 373 cm³/mol. The fraction of sp³-hybridized carbons (Fsp3) is 0.912. The Morgan fingerprint density at radius 3 is 1.46 bits per heavy atom. The fourth-order valence-corrected chi connectivity index (χ4v) is 18.1. The zero-order valence-electron chi connectivity index (χ0n) is 61.0. The normalized spacial score (nSPS) is 23.2. The highest BCUT2D eigenvalue weighted by atomic mass is 28.4. The summed E-state index contributed by atoms with van der Waals surface area (Å²) in [7, 11) is -12.0. The van der Waals surface area contributed by atoms with E-state index in [4.69, 9.17) is 40.8 Å². The van der Waals surface area contributed by atoms with Crippen LogP contribution in [0, 0.1) is 11.8 Å². The first-order valence-electron chi connectivity index (χ1n) is 33.2. The van der Waals surface area contributed by atoms with Crippen LogP contribution in [0.4, 0.5) is 0 Å². The summed E-state index contributed by atoms with van der Waals surface area (Å²) in [5.74, 6) is 0.108. The predicted octanol–water partition coefficient (Wildman–Crippen LogP) is 19.9. The molecule has 11 atom stereocenters. The molecule has 0 radical (unpaired) electrons. The van der Waals surface area contributed by atoms with Gasteiger partial charge in [0.1, 0.15) is 0 Å². The van der Waals surface area contributed by atoms with Crippen molar-refractivity contribution in [1.82, 2.24) is 0 Å². The third kappa shape index (κ3) is 22.5. The van der Waals surface area contributed by atoms with Crippen LogP contribution < -0.4 is 0 Å². The van der Waals surface area contributed by atoms with E-state index in [0.29, 0.717) is 32.7 Å². The minimum atomic E-state index is -2.39. The van der Waals surface area contributed by atoms with E-state index in [1.807, 2.05) is 7.11 Å². The van der Waals surface area contributed by atoms with Gasteiger partial charge in [-0.1, -0.05) is 162 Å². The standard InChI is InChI=1S/C68H138O10Si6/c1-51(57-48-68(57,69)43-41-58(70-20)61(78-84(31,32)67(17,18)19)60(77-83(29,30)66(14,15)16)50-72-79(21,22)62(2,3)4)59(76-82(27,28)65(11,12)13)47-56(75-81(25,26)64(8,9)10)46-55(74-80(23,24)63(5,6)7)45-54-40-36-39-53(73-54)42-44-71-49-52-37-34-33-35-38-52/h33-35,37-38,51,53-61,69H,36,39-50H2,1-32H3/t51-,53+,54-,55+,56-,57-,58-,59+,60-,61-,68-/m0/s1. The zero-order chi connectivity index (χ0) is 64.9. The molecule has 1 saturated heterocycles. The van der Waals surface area contributed by atoms with Gasteiger partial charge in [-0.05, 0) is 190 Å². The minimum absolute atomic E-state index is 0.00288. The molecule has 1 N–H and O–H groups in total. The summed E-state index contributed by atoms with van der Waals surface area (Å²) in [6, 6.07) is 10.5. The molecule has 0 amide bonds. The molecule has 0 bridgehead atoms. The lowest BCUT2D eigenvalue weighted by molar-refractivity contribution is -0.0833. The van der Waals surface area contributed by atoms with Crippen LogP contribution in [-0.4, -0.2) is 130 Å². The van der Waals surface area contributed by atoms with Crippen molar-refractivity contribution in [2.24, 2.45) is 11.8 Å². The molecule has 0 unspecified atom stereocenters. The Labute approximate surface area is 526 Å². The number of rotatable bonds is 32. The molecule has 1 saturated carbocycles. The monoisotopic (exact) mass is 1280 g/mol. The molecule has 2 fully saturated rings. The Kier molecular flexibility index (Phi) is 27.4. The van der Waals surface area contributed by atoms with Gasteiger partial charge in [0.05, 0.1) is 55.4 Å². The molecule has 3 rings (SSSR count). The maximum absolute atomic E-state index is 13.0. The van der Waals surface area contributed by atoms with Crippen molar-refractivity contribution in [2.75, 3.05) is 20.3 Å². The van der Waals surface area contributed by atoms with E-state index < -0.39 is 55.5 Å². The number of benzene rings is 1. The smallest absolute Gasteiger partial charge is 0.192 e. The molecule has 1 heterocycles. The molecule has 1 aliphatic carbocycles. The van der Waals surface area contributed by atoms with Crippen LogP contribution >= 0.6 is 0 Å². The van der Waals surface area contributed by atoms with E-state index in [2.05, 4.69) is 240 Å². The van der Waals surface area contributed by atoms with Crippen molar-refractivity contribution in [3.8, 4) is 0 Å². The van der Waals surface area contributed by atoms with Crippen molar-refractivity contribution < 1.29 is 45.9 Å². The van der Waals surface area contributed by atoms with Gasteiger partial charge in [-0.15, -0.1) is 0 Å². The summed E-state index contributed by atoms with van der Waals surface area (Å²) in [6.45, 7) is 74.5. The minimum Gasteiger partial charge on any atom is -0.414 e. The highest BCUT2D eigenvalue weighted by Crippen LogP contribution is 2.55. The molecule has 1 aliphatic heterocycles. The lowest BCUT2D eigenvalue weighted by Crippen LogP contribution is -2.58. The summed E-state index contributed by atoms with van der Waals surface area (Å²) in [6.07, 6.45) is 7.31. The number of methoxy groups -OCH3 is 1. The number of hydrogen-bond donors (Lipinski definition) is 1. The number of aliphatic hydroxyl groups is 1. The maximum atomic E-state index is 13.0. The maximum Gasteiger partial charge on any atom is 0.192 e. The van der Waals surface area contributed by atoms with E-state index in [9.17, 15) is 5.11 Å². The van der Waals surface area contributed by atoms with Gasteiger partial charge in [0, 0.05) is 25.9 Å². The second kappa shape index (κ2) is 29.4. The number of hydrogen-bond acceptors (Lipinski definition) is 10. The average molecular weight is 1280 g/mol. The van der Waals surface area contributed by atoms with E-state index in [1.54, 1.807) is 0 Å². The Morgan fingerprint density at radius 1 is 0.548 bits per heavy atom. The Balaban J connectivity index is 2.09. The van der Waals surface area contributed by atoms with Gasteiger partial charge in [0.25, 0.3) is 0 Å². The van der Waals surface area contributed by atoms with E-state index in [1.165, 1.54) is 5.56 Å². The Bertz CT molecular complexity index is 2110.